The van der Waals surface area contributed by atoms with Gasteiger partial charge < -0.3 is 5.32 Å². The number of nitrogens with zero attached hydrogens (tertiary/aromatic N) is 2. The largest absolute Gasteiger partial charge is 0.383 e. The molecule has 118 valence electrons. The Hall–Kier alpha value is -1.32. The zero-order valence-electron chi connectivity index (χ0n) is 12.4. The van der Waals surface area contributed by atoms with Crippen LogP contribution in [0, 0.1) is 10.1 Å². The Kier molecular flexibility index (Phi) is 5.99. The van der Waals surface area contributed by atoms with E-state index >= 15 is 0 Å². The maximum atomic E-state index is 12.6. The van der Waals surface area contributed by atoms with Crippen molar-refractivity contribution in [3.8, 4) is 0 Å². The second kappa shape index (κ2) is 7.10. The van der Waals surface area contributed by atoms with Crippen molar-refractivity contribution in [3.05, 3.63) is 28.3 Å². The lowest BCUT2D eigenvalue weighted by molar-refractivity contribution is -0.386. The van der Waals surface area contributed by atoms with Gasteiger partial charge >= 0.3 is 5.69 Å². The van der Waals surface area contributed by atoms with Crippen molar-refractivity contribution in [2.45, 2.75) is 17.9 Å². The molecule has 9 heteroatoms. The molecule has 0 aliphatic rings. The van der Waals surface area contributed by atoms with Gasteiger partial charge in [0.15, 0.2) is 4.90 Å². The highest BCUT2D eigenvalue weighted by molar-refractivity contribution is 7.98. The van der Waals surface area contributed by atoms with Crippen LogP contribution in [0.25, 0.3) is 0 Å². The van der Waals surface area contributed by atoms with E-state index in [1.807, 2.05) is 6.26 Å². The molecule has 0 aliphatic carbocycles. The third kappa shape index (κ3) is 3.66. The molecule has 0 bridgehead atoms. The molecule has 0 amide bonds. The van der Waals surface area contributed by atoms with E-state index in [0.717, 1.165) is 0 Å². The molecule has 1 atom stereocenters. The molecule has 0 fully saturated rings. The van der Waals surface area contributed by atoms with E-state index in [1.165, 1.54) is 48.4 Å². The van der Waals surface area contributed by atoms with E-state index in [4.69, 9.17) is 0 Å². The zero-order chi connectivity index (χ0) is 16.2. The van der Waals surface area contributed by atoms with Crippen molar-refractivity contribution in [3.63, 3.8) is 0 Å². The van der Waals surface area contributed by atoms with Crippen LogP contribution in [-0.4, -0.2) is 49.8 Å². The van der Waals surface area contributed by atoms with Crippen LogP contribution in [0.2, 0.25) is 0 Å². The predicted octanol–water partition coefficient (Wildman–Crippen LogP) is 2.01. The summed E-state index contributed by atoms with van der Waals surface area (Å²) in [6.45, 7) is 1.77. The first-order chi connectivity index (χ1) is 9.77. The second-order valence-corrected chi connectivity index (χ2v) is 7.36. The number of nitro groups is 1. The average Bonchev–Trinajstić information content (AvgIpc) is 2.45. The molecular formula is C12H19N3O4S2. The van der Waals surface area contributed by atoms with E-state index in [9.17, 15) is 18.5 Å². The van der Waals surface area contributed by atoms with Crippen LogP contribution < -0.4 is 5.32 Å². The van der Waals surface area contributed by atoms with Gasteiger partial charge in [0.1, 0.15) is 5.69 Å². The monoisotopic (exact) mass is 333 g/mol. The Bertz CT molecular complexity index is 619. The van der Waals surface area contributed by atoms with Crippen molar-refractivity contribution < 1.29 is 13.3 Å². The summed E-state index contributed by atoms with van der Waals surface area (Å²) in [6, 6.07) is 3.96. The standard InChI is InChI=1S/C12H19N3O4S2/c1-9(8-20-4)14(3)21(18,19)11-7-5-6-10(13-2)12(11)15(16)17/h5-7,9,13H,8H2,1-4H3. The Labute approximate surface area is 128 Å². The Morgan fingerprint density at radius 2 is 2.10 bits per heavy atom. The summed E-state index contributed by atoms with van der Waals surface area (Å²) in [5.74, 6) is 0.606. The minimum absolute atomic E-state index is 0.173. The summed E-state index contributed by atoms with van der Waals surface area (Å²) < 4.78 is 26.4. The number of anilines is 1. The summed E-state index contributed by atoms with van der Waals surface area (Å²) >= 11 is 1.52. The van der Waals surface area contributed by atoms with Crippen LogP contribution in [0.4, 0.5) is 11.4 Å². The average molecular weight is 333 g/mol. The van der Waals surface area contributed by atoms with Gasteiger partial charge in [-0.1, -0.05) is 6.07 Å². The van der Waals surface area contributed by atoms with Gasteiger partial charge in [0.05, 0.1) is 4.92 Å². The minimum atomic E-state index is -3.93. The number of benzene rings is 1. The van der Waals surface area contributed by atoms with Crippen LogP contribution in [-0.2, 0) is 10.0 Å². The molecule has 0 saturated heterocycles. The summed E-state index contributed by atoms with van der Waals surface area (Å²) in [6.07, 6.45) is 1.88. The summed E-state index contributed by atoms with van der Waals surface area (Å²) in [7, 11) is -0.981. The van der Waals surface area contributed by atoms with Crippen molar-refractivity contribution >= 4 is 33.2 Å². The number of hydrogen-bond acceptors (Lipinski definition) is 6. The highest BCUT2D eigenvalue weighted by Gasteiger charge is 2.33. The molecule has 0 spiro atoms. The smallest absolute Gasteiger partial charge is 0.312 e. The summed E-state index contributed by atoms with van der Waals surface area (Å²) in [5, 5.41) is 13.9. The zero-order valence-corrected chi connectivity index (χ0v) is 14.0. The first kappa shape index (κ1) is 17.7. The lowest BCUT2D eigenvalue weighted by Crippen LogP contribution is -2.36. The van der Waals surface area contributed by atoms with Gasteiger partial charge in [-0.15, -0.1) is 0 Å². The molecule has 0 radical (unpaired) electrons. The number of nitrogens with one attached hydrogen (secondary N) is 1. The van der Waals surface area contributed by atoms with Crippen LogP contribution >= 0.6 is 11.8 Å². The van der Waals surface area contributed by atoms with Gasteiger partial charge in [-0.05, 0) is 25.3 Å². The van der Waals surface area contributed by atoms with Gasteiger partial charge in [-0.3, -0.25) is 10.1 Å². The first-order valence-electron chi connectivity index (χ1n) is 6.19. The molecule has 1 aromatic rings. The SMILES string of the molecule is CNc1cccc(S(=O)(=O)N(C)C(C)CSC)c1[N+](=O)[O-]. The van der Waals surface area contributed by atoms with Crippen molar-refractivity contribution in [1.82, 2.24) is 4.31 Å². The van der Waals surface area contributed by atoms with Crippen LogP contribution in [0.3, 0.4) is 0 Å². The highest BCUT2D eigenvalue weighted by atomic mass is 32.2. The van der Waals surface area contributed by atoms with Gasteiger partial charge in [0.2, 0.25) is 10.0 Å². The molecule has 0 aliphatic heterocycles. The summed E-state index contributed by atoms with van der Waals surface area (Å²) in [5.41, 5.74) is -0.254. The maximum absolute atomic E-state index is 12.6. The summed E-state index contributed by atoms with van der Waals surface area (Å²) in [4.78, 5) is 10.3. The molecule has 7 nitrogen and oxygen atoms in total. The molecule has 0 saturated carbocycles. The normalized spacial score (nSPS) is 13.2. The topological polar surface area (TPSA) is 92.6 Å². The fourth-order valence-corrected chi connectivity index (χ4v) is 4.20. The fourth-order valence-electron chi connectivity index (χ4n) is 1.86. The third-order valence-corrected chi connectivity index (χ3v) is 5.96. The fraction of sp³-hybridized carbons (Fsp3) is 0.500. The first-order valence-corrected chi connectivity index (χ1v) is 9.02. The quantitative estimate of drug-likeness (QED) is 0.606. The Balaban J connectivity index is 3.41. The number of para-hydroxylation sites is 1. The van der Waals surface area contributed by atoms with Crippen LogP contribution in [0.15, 0.2) is 23.1 Å². The van der Waals surface area contributed by atoms with Gasteiger partial charge in [-0.2, -0.15) is 16.1 Å². The maximum Gasteiger partial charge on any atom is 0.312 e. The molecule has 0 heterocycles. The number of rotatable bonds is 7. The van der Waals surface area contributed by atoms with Crippen LogP contribution in [0.5, 0.6) is 0 Å². The van der Waals surface area contributed by atoms with E-state index in [2.05, 4.69) is 5.32 Å². The molecular weight excluding hydrogens is 314 g/mol. The number of thioether (sulfide) groups is 1. The van der Waals surface area contributed by atoms with Crippen molar-refractivity contribution in [2.75, 3.05) is 31.4 Å². The van der Waals surface area contributed by atoms with Crippen molar-refractivity contribution in [1.29, 1.82) is 0 Å². The van der Waals surface area contributed by atoms with Gasteiger partial charge in [0.25, 0.3) is 0 Å². The number of nitro benzene ring substituents is 1. The molecule has 1 unspecified atom stereocenters. The van der Waals surface area contributed by atoms with E-state index < -0.39 is 20.6 Å². The molecule has 1 aromatic carbocycles. The predicted molar refractivity (Wildman–Crippen MR) is 85.4 cm³/mol. The van der Waals surface area contributed by atoms with Gasteiger partial charge in [0, 0.05) is 25.9 Å². The number of sulfonamides is 1. The van der Waals surface area contributed by atoms with E-state index in [1.54, 1.807) is 6.92 Å². The minimum Gasteiger partial charge on any atom is -0.383 e. The Morgan fingerprint density at radius 3 is 2.57 bits per heavy atom. The molecule has 1 N–H and O–H groups in total. The van der Waals surface area contributed by atoms with Gasteiger partial charge in [-0.25, -0.2) is 8.42 Å². The lowest BCUT2D eigenvalue weighted by Gasteiger charge is -2.23. The van der Waals surface area contributed by atoms with Crippen LogP contribution in [0.1, 0.15) is 6.92 Å². The lowest BCUT2D eigenvalue weighted by atomic mass is 10.3. The molecule has 21 heavy (non-hydrogen) atoms. The number of hydrogen-bond donors (Lipinski definition) is 1. The Morgan fingerprint density at radius 1 is 1.48 bits per heavy atom. The second-order valence-electron chi connectivity index (χ2n) is 4.49. The molecule has 0 aromatic heterocycles. The third-order valence-electron chi connectivity index (χ3n) is 3.14. The van der Waals surface area contributed by atoms with E-state index in [0.29, 0.717) is 5.75 Å². The molecule has 1 rings (SSSR count). The van der Waals surface area contributed by atoms with Crippen molar-refractivity contribution in [2.24, 2.45) is 0 Å². The highest BCUT2D eigenvalue weighted by Crippen LogP contribution is 2.33. The van der Waals surface area contributed by atoms with E-state index in [-0.39, 0.29) is 16.6 Å².